The summed E-state index contributed by atoms with van der Waals surface area (Å²) in [7, 11) is 0. The number of rotatable bonds is 2. The average Bonchev–Trinajstić information content (AvgIpc) is 2.80. The van der Waals surface area contributed by atoms with Gasteiger partial charge in [0.05, 0.1) is 5.52 Å². The van der Waals surface area contributed by atoms with Gasteiger partial charge in [0.2, 0.25) is 5.28 Å². The SMILES string of the molecule is Nc1ccc2[nH]nc(C(=O)Nc3cc(Cl)nc(Cl)n3)c2c1. The van der Waals surface area contributed by atoms with Gasteiger partial charge >= 0.3 is 0 Å². The highest BCUT2D eigenvalue weighted by Gasteiger charge is 2.15. The standard InChI is InChI=1S/C12H8Cl2N6O/c13-8-4-9(18-12(14)16-8)17-11(21)10-6-3-5(15)1-2-7(6)19-20-10/h1-4H,15H2,(H,19,20)(H,16,17,18,21). The molecular weight excluding hydrogens is 315 g/mol. The number of benzene rings is 1. The lowest BCUT2D eigenvalue weighted by molar-refractivity contribution is 0.102. The zero-order valence-electron chi connectivity index (χ0n) is 10.4. The second-order valence-corrected chi connectivity index (χ2v) is 4.90. The van der Waals surface area contributed by atoms with Crippen molar-refractivity contribution in [3.8, 4) is 0 Å². The molecular formula is C12H8Cl2N6O. The van der Waals surface area contributed by atoms with Crippen molar-refractivity contribution < 1.29 is 4.79 Å². The number of anilines is 2. The quantitative estimate of drug-likeness (QED) is 0.381. The van der Waals surface area contributed by atoms with Crippen LogP contribution in [0.1, 0.15) is 10.5 Å². The summed E-state index contributed by atoms with van der Waals surface area (Å²) >= 11 is 11.4. The van der Waals surface area contributed by atoms with Crippen molar-refractivity contribution >= 4 is 51.5 Å². The third-order valence-corrected chi connectivity index (χ3v) is 3.07. The molecule has 0 unspecified atom stereocenters. The lowest BCUT2D eigenvalue weighted by atomic mass is 10.2. The maximum Gasteiger partial charge on any atom is 0.277 e. The predicted octanol–water partition coefficient (Wildman–Crippen LogP) is 2.49. The number of hydrogen-bond donors (Lipinski definition) is 3. The molecule has 0 aliphatic carbocycles. The maximum atomic E-state index is 12.2. The molecule has 0 fully saturated rings. The van der Waals surface area contributed by atoms with Crippen LogP contribution >= 0.6 is 23.2 Å². The van der Waals surface area contributed by atoms with E-state index in [-0.39, 0.29) is 21.9 Å². The van der Waals surface area contributed by atoms with Crippen LogP contribution in [0.4, 0.5) is 11.5 Å². The van der Waals surface area contributed by atoms with Gasteiger partial charge in [-0.3, -0.25) is 9.89 Å². The number of nitrogens with one attached hydrogen (secondary N) is 2. The molecule has 2 aromatic heterocycles. The molecule has 1 amide bonds. The Kier molecular flexibility index (Phi) is 3.36. The molecule has 0 aliphatic heterocycles. The van der Waals surface area contributed by atoms with Crippen LogP contribution in [-0.2, 0) is 0 Å². The zero-order valence-corrected chi connectivity index (χ0v) is 11.9. The van der Waals surface area contributed by atoms with Gasteiger partial charge in [0.25, 0.3) is 5.91 Å². The Morgan fingerprint density at radius 2 is 2.05 bits per heavy atom. The molecule has 0 spiro atoms. The van der Waals surface area contributed by atoms with Crippen LogP contribution in [0.25, 0.3) is 10.9 Å². The second kappa shape index (κ2) is 5.19. The van der Waals surface area contributed by atoms with Crippen molar-refractivity contribution in [1.82, 2.24) is 20.2 Å². The minimum atomic E-state index is -0.460. The smallest absolute Gasteiger partial charge is 0.277 e. The first-order valence-corrected chi connectivity index (χ1v) is 6.53. The Bertz CT molecular complexity index is 827. The van der Waals surface area contributed by atoms with Crippen LogP contribution in [-0.4, -0.2) is 26.1 Å². The van der Waals surface area contributed by atoms with Crippen LogP contribution in [0.15, 0.2) is 24.3 Å². The number of nitrogens with zero attached hydrogens (tertiary/aromatic N) is 3. The molecule has 2 heterocycles. The molecule has 0 saturated carbocycles. The van der Waals surface area contributed by atoms with Gasteiger partial charge in [-0.2, -0.15) is 5.10 Å². The lowest BCUT2D eigenvalue weighted by Crippen LogP contribution is -2.14. The van der Waals surface area contributed by atoms with Crippen LogP contribution < -0.4 is 11.1 Å². The highest BCUT2D eigenvalue weighted by molar-refractivity contribution is 6.32. The Morgan fingerprint density at radius 3 is 2.81 bits per heavy atom. The summed E-state index contributed by atoms with van der Waals surface area (Å²) in [4.78, 5) is 19.8. The van der Waals surface area contributed by atoms with E-state index in [9.17, 15) is 4.79 Å². The van der Waals surface area contributed by atoms with E-state index in [1.54, 1.807) is 18.2 Å². The molecule has 4 N–H and O–H groups in total. The monoisotopic (exact) mass is 322 g/mol. The van der Waals surface area contributed by atoms with Crippen molar-refractivity contribution in [3.63, 3.8) is 0 Å². The Morgan fingerprint density at radius 1 is 1.24 bits per heavy atom. The molecule has 1 aromatic carbocycles. The summed E-state index contributed by atoms with van der Waals surface area (Å²) < 4.78 is 0. The topological polar surface area (TPSA) is 110 Å². The van der Waals surface area contributed by atoms with Crippen molar-refractivity contribution in [1.29, 1.82) is 0 Å². The number of nitrogen functional groups attached to an aromatic ring is 1. The van der Waals surface area contributed by atoms with Crippen LogP contribution in [0.3, 0.4) is 0 Å². The molecule has 3 rings (SSSR count). The molecule has 0 atom stereocenters. The molecule has 0 radical (unpaired) electrons. The summed E-state index contributed by atoms with van der Waals surface area (Å²) in [5.74, 6) is -0.275. The van der Waals surface area contributed by atoms with E-state index in [1.165, 1.54) is 6.07 Å². The molecule has 3 aromatic rings. The Labute approximate surface area is 128 Å². The third-order valence-electron chi connectivity index (χ3n) is 2.71. The normalized spacial score (nSPS) is 10.8. The van der Waals surface area contributed by atoms with Gasteiger partial charge in [-0.15, -0.1) is 0 Å². The van der Waals surface area contributed by atoms with E-state index in [0.29, 0.717) is 16.6 Å². The molecule has 0 saturated heterocycles. The molecule has 0 bridgehead atoms. The van der Waals surface area contributed by atoms with Gasteiger partial charge in [-0.1, -0.05) is 11.6 Å². The van der Waals surface area contributed by atoms with Crippen molar-refractivity contribution in [2.75, 3.05) is 11.1 Å². The summed E-state index contributed by atoms with van der Waals surface area (Å²) in [6.07, 6.45) is 0. The van der Waals surface area contributed by atoms with Gasteiger partial charge in [0.15, 0.2) is 5.69 Å². The van der Waals surface area contributed by atoms with E-state index in [2.05, 4.69) is 25.5 Å². The van der Waals surface area contributed by atoms with Crippen LogP contribution in [0.2, 0.25) is 10.4 Å². The highest BCUT2D eigenvalue weighted by atomic mass is 35.5. The Balaban J connectivity index is 1.95. The van der Waals surface area contributed by atoms with Crippen LogP contribution in [0.5, 0.6) is 0 Å². The van der Waals surface area contributed by atoms with Gasteiger partial charge in [-0.25, -0.2) is 9.97 Å². The van der Waals surface area contributed by atoms with Gasteiger partial charge in [0.1, 0.15) is 11.0 Å². The van der Waals surface area contributed by atoms with Crippen LogP contribution in [0, 0.1) is 0 Å². The predicted molar refractivity (Wildman–Crippen MR) is 80.5 cm³/mol. The number of nitrogens with two attached hydrogens (primary N) is 1. The summed E-state index contributed by atoms with van der Waals surface area (Å²) in [5.41, 5.74) is 7.15. The third kappa shape index (κ3) is 2.74. The van der Waals surface area contributed by atoms with Crippen molar-refractivity contribution in [3.05, 3.63) is 40.4 Å². The van der Waals surface area contributed by atoms with Gasteiger partial charge in [-0.05, 0) is 29.8 Å². The zero-order chi connectivity index (χ0) is 15.0. The first-order chi connectivity index (χ1) is 10.0. The first-order valence-electron chi connectivity index (χ1n) is 5.78. The Hall–Kier alpha value is -2.38. The number of aromatic amines is 1. The summed E-state index contributed by atoms with van der Waals surface area (Å²) in [5, 5.41) is 9.96. The summed E-state index contributed by atoms with van der Waals surface area (Å²) in [6.45, 7) is 0. The largest absolute Gasteiger partial charge is 0.399 e. The minimum Gasteiger partial charge on any atom is -0.399 e. The number of fused-ring (bicyclic) bond motifs is 1. The number of carbonyl (C=O) groups excluding carboxylic acids is 1. The molecule has 9 heteroatoms. The number of amides is 1. The van der Waals surface area contributed by atoms with Gasteiger partial charge < -0.3 is 11.1 Å². The second-order valence-electron chi connectivity index (χ2n) is 4.18. The van der Waals surface area contributed by atoms with Crippen molar-refractivity contribution in [2.45, 2.75) is 0 Å². The number of aromatic nitrogens is 4. The van der Waals surface area contributed by atoms with Gasteiger partial charge in [0, 0.05) is 17.1 Å². The number of H-pyrrole nitrogens is 1. The van der Waals surface area contributed by atoms with E-state index < -0.39 is 5.91 Å². The number of carbonyl (C=O) groups is 1. The fourth-order valence-corrected chi connectivity index (χ4v) is 2.24. The van der Waals surface area contributed by atoms with E-state index >= 15 is 0 Å². The molecule has 21 heavy (non-hydrogen) atoms. The minimum absolute atomic E-state index is 0.0612. The molecule has 106 valence electrons. The first kappa shape index (κ1) is 13.6. The van der Waals surface area contributed by atoms with E-state index in [1.807, 2.05) is 0 Å². The van der Waals surface area contributed by atoms with Crippen molar-refractivity contribution in [2.24, 2.45) is 0 Å². The highest BCUT2D eigenvalue weighted by Crippen LogP contribution is 2.20. The molecule has 7 nitrogen and oxygen atoms in total. The number of hydrogen-bond acceptors (Lipinski definition) is 5. The van der Waals surface area contributed by atoms with E-state index in [0.717, 1.165) is 0 Å². The fraction of sp³-hybridized carbons (Fsp3) is 0. The fourth-order valence-electron chi connectivity index (χ4n) is 1.83. The number of halogens is 2. The van der Waals surface area contributed by atoms with E-state index in [4.69, 9.17) is 28.9 Å². The maximum absolute atomic E-state index is 12.2. The molecule has 0 aliphatic rings. The lowest BCUT2D eigenvalue weighted by Gasteiger charge is -2.03. The summed E-state index contributed by atoms with van der Waals surface area (Å²) in [6, 6.07) is 6.50. The average molecular weight is 323 g/mol.